The van der Waals surface area contributed by atoms with Crippen molar-refractivity contribution in [2.75, 3.05) is 13.1 Å². The number of hydrogen-bond acceptors (Lipinski definition) is 3. The Morgan fingerprint density at radius 2 is 2.16 bits per heavy atom. The third kappa shape index (κ3) is 2.80. The van der Waals surface area contributed by atoms with Gasteiger partial charge in [-0.25, -0.2) is 12.8 Å². The number of hydrogen-bond donors (Lipinski definition) is 1. The van der Waals surface area contributed by atoms with E-state index in [-0.39, 0.29) is 17.5 Å². The fourth-order valence-corrected chi connectivity index (χ4v) is 4.32. The van der Waals surface area contributed by atoms with Gasteiger partial charge in [-0.1, -0.05) is 12.5 Å². The predicted molar refractivity (Wildman–Crippen MR) is 71.7 cm³/mol. The Bertz CT molecular complexity index is 560. The summed E-state index contributed by atoms with van der Waals surface area (Å²) in [4.78, 5) is -0.243. The number of nitrogens with two attached hydrogens (primary N) is 1. The van der Waals surface area contributed by atoms with Gasteiger partial charge < -0.3 is 5.73 Å². The van der Waals surface area contributed by atoms with Crippen LogP contribution in [0.4, 0.5) is 4.39 Å². The zero-order valence-electron chi connectivity index (χ0n) is 11.0. The molecule has 0 spiro atoms. The van der Waals surface area contributed by atoms with E-state index in [1.165, 1.54) is 16.4 Å². The number of nitrogens with zero attached hydrogens (tertiary/aromatic N) is 1. The Morgan fingerprint density at radius 1 is 1.42 bits per heavy atom. The molecule has 0 amide bonds. The van der Waals surface area contributed by atoms with Crippen molar-refractivity contribution in [2.45, 2.75) is 37.1 Å². The summed E-state index contributed by atoms with van der Waals surface area (Å²) in [6, 6.07) is 3.92. The van der Waals surface area contributed by atoms with E-state index in [2.05, 4.69) is 0 Å². The van der Waals surface area contributed by atoms with Gasteiger partial charge in [0, 0.05) is 19.1 Å². The summed E-state index contributed by atoms with van der Waals surface area (Å²) in [7, 11) is -3.80. The first-order chi connectivity index (χ1) is 8.96. The molecule has 1 aromatic carbocycles. The van der Waals surface area contributed by atoms with E-state index in [9.17, 15) is 12.8 Å². The average molecular weight is 286 g/mol. The van der Waals surface area contributed by atoms with Crippen molar-refractivity contribution >= 4 is 10.0 Å². The van der Waals surface area contributed by atoms with Crippen LogP contribution in [0.1, 0.15) is 24.8 Å². The molecular formula is C13H19FN2O2S. The monoisotopic (exact) mass is 286 g/mol. The number of sulfonamides is 1. The zero-order valence-corrected chi connectivity index (χ0v) is 11.8. The lowest BCUT2D eigenvalue weighted by molar-refractivity contribution is 0.257. The van der Waals surface area contributed by atoms with Gasteiger partial charge in [0.1, 0.15) is 10.7 Å². The smallest absolute Gasteiger partial charge is 0.246 e. The van der Waals surface area contributed by atoms with Gasteiger partial charge in [-0.15, -0.1) is 0 Å². The van der Waals surface area contributed by atoms with Crippen molar-refractivity contribution in [3.05, 3.63) is 29.6 Å². The van der Waals surface area contributed by atoms with E-state index in [0.717, 1.165) is 24.8 Å². The summed E-state index contributed by atoms with van der Waals surface area (Å²) in [6.45, 7) is 2.43. The molecule has 0 saturated carbocycles. The lowest BCUT2D eigenvalue weighted by Gasteiger charge is -2.34. The summed E-state index contributed by atoms with van der Waals surface area (Å²) in [5.41, 5.74) is 6.36. The standard InChI is InChI=1S/C13H19FN2O2S/c1-10-5-6-12(14)13(8-10)19(17,18)16-7-3-2-4-11(16)9-15/h5-6,8,11H,2-4,7,9,15H2,1H3/t11-/m0/s1. The number of halogens is 1. The lowest BCUT2D eigenvalue weighted by atomic mass is 10.1. The molecule has 106 valence electrons. The first-order valence-corrected chi connectivity index (χ1v) is 7.89. The van der Waals surface area contributed by atoms with Crippen LogP contribution in [0.2, 0.25) is 0 Å². The normalized spacial score (nSPS) is 21.5. The fraction of sp³-hybridized carbons (Fsp3) is 0.538. The Labute approximate surface area is 113 Å². The average Bonchev–Trinajstić information content (AvgIpc) is 2.41. The number of rotatable bonds is 3. The van der Waals surface area contributed by atoms with Gasteiger partial charge in [-0.2, -0.15) is 4.31 Å². The summed E-state index contributed by atoms with van der Waals surface area (Å²) >= 11 is 0. The minimum Gasteiger partial charge on any atom is -0.329 e. The molecule has 1 saturated heterocycles. The molecule has 0 unspecified atom stereocenters. The quantitative estimate of drug-likeness (QED) is 0.918. The van der Waals surface area contributed by atoms with Crippen molar-refractivity contribution in [1.82, 2.24) is 4.31 Å². The van der Waals surface area contributed by atoms with E-state index < -0.39 is 15.8 Å². The van der Waals surface area contributed by atoms with Crippen LogP contribution in [-0.4, -0.2) is 31.9 Å². The van der Waals surface area contributed by atoms with E-state index in [1.54, 1.807) is 13.0 Å². The van der Waals surface area contributed by atoms with Gasteiger partial charge in [0.2, 0.25) is 10.0 Å². The minimum absolute atomic E-state index is 0.223. The maximum atomic E-state index is 13.8. The third-order valence-corrected chi connectivity index (χ3v) is 5.49. The molecular weight excluding hydrogens is 267 g/mol. The van der Waals surface area contributed by atoms with Gasteiger partial charge in [-0.05, 0) is 37.5 Å². The van der Waals surface area contributed by atoms with Gasteiger partial charge in [-0.3, -0.25) is 0 Å². The van der Waals surface area contributed by atoms with Crippen LogP contribution in [-0.2, 0) is 10.0 Å². The third-order valence-electron chi connectivity index (χ3n) is 3.52. The molecule has 0 aliphatic carbocycles. The molecule has 2 N–H and O–H groups in total. The highest BCUT2D eigenvalue weighted by Gasteiger charge is 2.34. The minimum atomic E-state index is -3.80. The molecule has 2 rings (SSSR count). The van der Waals surface area contributed by atoms with Gasteiger partial charge >= 0.3 is 0 Å². The second-order valence-electron chi connectivity index (χ2n) is 4.93. The van der Waals surface area contributed by atoms with E-state index >= 15 is 0 Å². The van der Waals surface area contributed by atoms with Crippen LogP contribution < -0.4 is 5.73 Å². The molecule has 1 fully saturated rings. The fourth-order valence-electron chi connectivity index (χ4n) is 2.46. The molecule has 0 aromatic heterocycles. The van der Waals surface area contributed by atoms with Gasteiger partial charge in [0.15, 0.2) is 0 Å². The second kappa shape index (κ2) is 5.56. The molecule has 1 heterocycles. The number of piperidine rings is 1. The van der Waals surface area contributed by atoms with Crippen molar-refractivity contribution in [2.24, 2.45) is 5.73 Å². The van der Waals surface area contributed by atoms with Crippen LogP contribution in [0.5, 0.6) is 0 Å². The topological polar surface area (TPSA) is 63.4 Å². The highest BCUT2D eigenvalue weighted by molar-refractivity contribution is 7.89. The first kappa shape index (κ1) is 14.4. The molecule has 0 bridgehead atoms. The Morgan fingerprint density at radius 3 is 2.84 bits per heavy atom. The predicted octanol–water partition coefficient (Wildman–Crippen LogP) is 1.64. The SMILES string of the molecule is Cc1ccc(F)c(S(=O)(=O)N2CCCC[C@H]2CN)c1. The molecule has 1 atom stereocenters. The van der Waals surface area contributed by atoms with Crippen molar-refractivity contribution in [3.63, 3.8) is 0 Å². The highest BCUT2D eigenvalue weighted by Crippen LogP contribution is 2.26. The van der Waals surface area contributed by atoms with Crippen LogP contribution in [0, 0.1) is 12.7 Å². The van der Waals surface area contributed by atoms with Gasteiger partial charge in [0.05, 0.1) is 0 Å². The zero-order chi connectivity index (χ0) is 14.0. The van der Waals surface area contributed by atoms with E-state index in [4.69, 9.17) is 5.73 Å². The Balaban J connectivity index is 2.43. The molecule has 19 heavy (non-hydrogen) atoms. The second-order valence-corrected chi connectivity index (χ2v) is 6.79. The molecule has 1 aliphatic rings. The van der Waals surface area contributed by atoms with Gasteiger partial charge in [0.25, 0.3) is 0 Å². The number of benzene rings is 1. The van der Waals surface area contributed by atoms with E-state index in [1.807, 2.05) is 0 Å². The van der Waals surface area contributed by atoms with Crippen LogP contribution in [0.3, 0.4) is 0 Å². The first-order valence-electron chi connectivity index (χ1n) is 6.45. The number of aryl methyl sites for hydroxylation is 1. The Hall–Kier alpha value is -0.980. The van der Waals surface area contributed by atoms with Crippen LogP contribution in [0.15, 0.2) is 23.1 Å². The largest absolute Gasteiger partial charge is 0.329 e. The lowest BCUT2D eigenvalue weighted by Crippen LogP contribution is -2.47. The maximum absolute atomic E-state index is 13.8. The molecule has 0 radical (unpaired) electrons. The molecule has 1 aromatic rings. The van der Waals surface area contributed by atoms with E-state index in [0.29, 0.717) is 6.54 Å². The Kier molecular flexibility index (Phi) is 4.23. The van der Waals surface area contributed by atoms with Crippen molar-refractivity contribution in [3.8, 4) is 0 Å². The summed E-state index contributed by atoms with van der Waals surface area (Å²) in [6.07, 6.45) is 2.50. The van der Waals surface area contributed by atoms with Crippen LogP contribution in [0.25, 0.3) is 0 Å². The summed E-state index contributed by atoms with van der Waals surface area (Å²) in [5.74, 6) is -0.702. The highest BCUT2D eigenvalue weighted by atomic mass is 32.2. The van der Waals surface area contributed by atoms with Crippen LogP contribution >= 0.6 is 0 Å². The maximum Gasteiger partial charge on any atom is 0.246 e. The van der Waals surface area contributed by atoms with Crippen molar-refractivity contribution in [1.29, 1.82) is 0 Å². The summed E-state index contributed by atoms with van der Waals surface area (Å²) < 4.78 is 40.3. The van der Waals surface area contributed by atoms with Crippen molar-refractivity contribution < 1.29 is 12.8 Å². The molecule has 1 aliphatic heterocycles. The molecule has 6 heteroatoms. The summed E-state index contributed by atoms with van der Waals surface area (Å²) in [5, 5.41) is 0. The molecule has 4 nitrogen and oxygen atoms in total.